The van der Waals surface area contributed by atoms with Gasteiger partial charge in [0.1, 0.15) is 12.5 Å². The molecule has 2 bridgehead atoms. The molecule has 7 atom stereocenters. The Morgan fingerprint density at radius 1 is 1.26 bits per heavy atom. The van der Waals surface area contributed by atoms with Crippen molar-refractivity contribution in [3.05, 3.63) is 0 Å². The molecule has 4 heteroatoms. The molecule has 0 aromatic rings. The topological polar surface area (TPSA) is 43.4 Å². The van der Waals surface area contributed by atoms with Gasteiger partial charge in [-0.1, -0.05) is 6.92 Å². The van der Waals surface area contributed by atoms with E-state index in [1.807, 2.05) is 0 Å². The van der Waals surface area contributed by atoms with Crippen LogP contribution < -0.4 is 0 Å². The minimum absolute atomic E-state index is 0.0141. The third-order valence-electron chi connectivity index (χ3n) is 5.31. The van der Waals surface area contributed by atoms with E-state index in [9.17, 15) is 9.18 Å². The zero-order valence-electron chi connectivity index (χ0n) is 11.8. The van der Waals surface area contributed by atoms with Crippen LogP contribution in [0.15, 0.2) is 0 Å². The van der Waals surface area contributed by atoms with Crippen molar-refractivity contribution in [3.8, 4) is 0 Å². The van der Waals surface area contributed by atoms with Crippen LogP contribution in [0, 0.1) is 35.5 Å². The van der Waals surface area contributed by atoms with Gasteiger partial charge in [0.25, 0.3) is 0 Å². The molecule has 3 nitrogen and oxygen atoms in total. The van der Waals surface area contributed by atoms with Crippen LogP contribution in [0.5, 0.6) is 0 Å². The molecule has 0 heterocycles. The Balaban J connectivity index is 0.000000408. The summed E-state index contributed by atoms with van der Waals surface area (Å²) in [5.41, 5.74) is 0. The maximum Gasteiger partial charge on any atom is 0.308 e. The predicted molar refractivity (Wildman–Crippen MR) is 69.1 cm³/mol. The van der Waals surface area contributed by atoms with E-state index in [0.29, 0.717) is 24.2 Å². The number of halogens is 1. The van der Waals surface area contributed by atoms with Crippen molar-refractivity contribution in [2.24, 2.45) is 35.5 Å². The second-order valence-corrected chi connectivity index (χ2v) is 6.14. The maximum absolute atomic E-state index is 14.0. The smallest absolute Gasteiger partial charge is 0.308 e. The predicted octanol–water partition coefficient (Wildman–Crippen LogP) is 2.63. The molecular weight excluding hydrogens is 247 g/mol. The average molecular weight is 270 g/mol. The lowest BCUT2D eigenvalue weighted by atomic mass is 9.73. The highest BCUT2D eigenvalue weighted by molar-refractivity contribution is 5.73. The molecule has 0 spiro atoms. The van der Waals surface area contributed by atoms with E-state index in [2.05, 4.69) is 6.92 Å². The van der Waals surface area contributed by atoms with Gasteiger partial charge in [-0.15, -0.1) is 0 Å². The molecule has 19 heavy (non-hydrogen) atoms. The van der Waals surface area contributed by atoms with Crippen molar-refractivity contribution in [2.45, 2.75) is 39.3 Å². The summed E-state index contributed by atoms with van der Waals surface area (Å²) in [4.78, 5) is 20.4. The normalized spacial score (nSPS) is 46.2. The first-order valence-corrected chi connectivity index (χ1v) is 7.16. The standard InChI is InChI=1S/C13H19FO2.C2H4O/c1-6-3-10(14)12-8-4-7(11(6)12)5-9(8)13(15)16-2;1-2-3/h6-12H,3-5H2,1-2H3;2H,1H3. The number of carbonyl (C=O) groups is 2. The van der Waals surface area contributed by atoms with Gasteiger partial charge in [0.2, 0.25) is 0 Å². The first-order valence-electron chi connectivity index (χ1n) is 7.16. The molecule has 0 aromatic heterocycles. The largest absolute Gasteiger partial charge is 0.469 e. The van der Waals surface area contributed by atoms with E-state index in [1.165, 1.54) is 14.0 Å². The van der Waals surface area contributed by atoms with E-state index in [1.54, 1.807) is 0 Å². The number of hydrogen-bond donors (Lipinski definition) is 0. The molecule has 3 aliphatic rings. The fourth-order valence-electron chi connectivity index (χ4n) is 4.90. The van der Waals surface area contributed by atoms with Gasteiger partial charge >= 0.3 is 5.97 Å². The lowest BCUT2D eigenvalue weighted by Gasteiger charge is -2.32. The van der Waals surface area contributed by atoms with Gasteiger partial charge in [-0.2, -0.15) is 0 Å². The number of hydrogen-bond acceptors (Lipinski definition) is 3. The molecule has 0 radical (unpaired) electrons. The fourth-order valence-corrected chi connectivity index (χ4v) is 4.90. The maximum atomic E-state index is 14.0. The molecule has 0 aromatic carbocycles. The molecule has 0 saturated heterocycles. The Bertz CT molecular complexity index is 357. The van der Waals surface area contributed by atoms with Gasteiger partial charge in [-0.25, -0.2) is 4.39 Å². The summed E-state index contributed by atoms with van der Waals surface area (Å²) in [6.45, 7) is 3.62. The number of carbonyl (C=O) groups excluding carboxylic acids is 2. The van der Waals surface area contributed by atoms with Crippen molar-refractivity contribution in [3.63, 3.8) is 0 Å². The highest BCUT2D eigenvalue weighted by atomic mass is 19.1. The molecule has 3 aliphatic carbocycles. The van der Waals surface area contributed by atoms with Crippen LogP contribution in [0.3, 0.4) is 0 Å². The first kappa shape index (κ1) is 14.5. The molecule has 0 amide bonds. The third-order valence-corrected chi connectivity index (χ3v) is 5.31. The lowest BCUT2D eigenvalue weighted by molar-refractivity contribution is -0.148. The number of aldehydes is 1. The molecule has 3 fully saturated rings. The van der Waals surface area contributed by atoms with Crippen LogP contribution in [-0.4, -0.2) is 25.5 Å². The molecule has 3 rings (SSSR count). The first-order chi connectivity index (χ1) is 9.04. The Morgan fingerprint density at radius 3 is 2.47 bits per heavy atom. The van der Waals surface area contributed by atoms with Crippen molar-refractivity contribution in [1.29, 1.82) is 0 Å². The van der Waals surface area contributed by atoms with Crippen LogP contribution in [0.25, 0.3) is 0 Å². The Labute approximate surface area is 113 Å². The number of rotatable bonds is 1. The quantitative estimate of drug-likeness (QED) is 0.543. The summed E-state index contributed by atoms with van der Waals surface area (Å²) < 4.78 is 18.8. The highest BCUT2D eigenvalue weighted by Gasteiger charge is 2.61. The number of alkyl halides is 1. The van der Waals surface area contributed by atoms with Gasteiger partial charge in [0.15, 0.2) is 0 Å². The van der Waals surface area contributed by atoms with Crippen LogP contribution >= 0.6 is 0 Å². The molecule has 108 valence electrons. The average Bonchev–Trinajstić information content (AvgIpc) is 3.02. The zero-order chi connectivity index (χ0) is 14.2. The minimum Gasteiger partial charge on any atom is -0.469 e. The Hall–Kier alpha value is -0.930. The zero-order valence-corrected chi connectivity index (χ0v) is 11.8. The van der Waals surface area contributed by atoms with Crippen LogP contribution in [0.1, 0.15) is 33.1 Å². The second kappa shape index (κ2) is 5.59. The van der Waals surface area contributed by atoms with Gasteiger partial charge in [-0.05, 0) is 55.8 Å². The Kier molecular flexibility index (Phi) is 4.26. The number of ether oxygens (including phenoxy) is 1. The minimum atomic E-state index is -0.678. The van der Waals surface area contributed by atoms with Crippen molar-refractivity contribution in [2.75, 3.05) is 7.11 Å². The Morgan fingerprint density at radius 2 is 1.89 bits per heavy atom. The van der Waals surface area contributed by atoms with Crippen LogP contribution in [0.4, 0.5) is 4.39 Å². The summed E-state index contributed by atoms with van der Waals surface area (Å²) in [6, 6.07) is 0. The highest BCUT2D eigenvalue weighted by Crippen LogP contribution is 2.63. The van der Waals surface area contributed by atoms with Gasteiger partial charge in [0.05, 0.1) is 13.0 Å². The van der Waals surface area contributed by atoms with Gasteiger partial charge < -0.3 is 9.53 Å². The summed E-state index contributed by atoms with van der Waals surface area (Å²) >= 11 is 0. The number of methoxy groups -OCH3 is 1. The summed E-state index contributed by atoms with van der Waals surface area (Å²) in [7, 11) is 1.44. The van der Waals surface area contributed by atoms with E-state index in [0.717, 1.165) is 19.1 Å². The monoisotopic (exact) mass is 270 g/mol. The molecule has 0 aliphatic heterocycles. The van der Waals surface area contributed by atoms with E-state index < -0.39 is 6.17 Å². The second-order valence-electron chi connectivity index (χ2n) is 6.14. The van der Waals surface area contributed by atoms with Crippen molar-refractivity contribution >= 4 is 12.3 Å². The molecular formula is C15H23FO3. The van der Waals surface area contributed by atoms with Crippen LogP contribution in [0.2, 0.25) is 0 Å². The summed E-state index contributed by atoms with van der Waals surface area (Å²) in [5, 5.41) is 0. The van der Waals surface area contributed by atoms with E-state index in [4.69, 9.17) is 9.53 Å². The van der Waals surface area contributed by atoms with Gasteiger partial charge in [-0.3, -0.25) is 4.79 Å². The van der Waals surface area contributed by atoms with Crippen LogP contribution in [-0.2, 0) is 14.3 Å². The fraction of sp³-hybridized carbons (Fsp3) is 0.867. The van der Waals surface area contributed by atoms with Gasteiger partial charge in [0, 0.05) is 0 Å². The summed E-state index contributed by atoms with van der Waals surface area (Å²) in [5.74, 6) is 1.92. The summed E-state index contributed by atoms with van der Waals surface area (Å²) in [6.07, 6.45) is 2.77. The number of fused-ring (bicyclic) bond motifs is 5. The van der Waals surface area contributed by atoms with Crippen molar-refractivity contribution < 1.29 is 18.7 Å². The van der Waals surface area contributed by atoms with E-state index >= 15 is 0 Å². The third kappa shape index (κ3) is 2.30. The molecule has 3 saturated carbocycles. The number of esters is 1. The van der Waals surface area contributed by atoms with Crippen molar-refractivity contribution in [1.82, 2.24) is 0 Å². The lowest BCUT2D eigenvalue weighted by Crippen LogP contribution is -2.34. The molecule has 7 unspecified atom stereocenters. The van der Waals surface area contributed by atoms with E-state index in [-0.39, 0.29) is 23.7 Å². The SMILES string of the molecule is CC=O.COC(=O)C1CC2CC1C1C(F)CC(C)C21. The molecule has 0 N–H and O–H groups in total.